The molecule has 2 fully saturated rings. The fraction of sp³-hybridized carbons (Fsp3) is 0.818. The molecular formula is C11H18N2O2. The molecule has 0 radical (unpaired) electrons. The summed E-state index contributed by atoms with van der Waals surface area (Å²) in [6.45, 7) is 5.04. The zero-order chi connectivity index (χ0) is 10.9. The average Bonchev–Trinajstić information content (AvgIpc) is 2.59. The highest BCUT2D eigenvalue weighted by Gasteiger charge is 2.46. The summed E-state index contributed by atoms with van der Waals surface area (Å²) in [6, 6.07) is 0. The quantitative estimate of drug-likeness (QED) is 0.676. The lowest BCUT2D eigenvalue weighted by Crippen LogP contribution is -2.50. The lowest BCUT2D eigenvalue weighted by atomic mass is 9.79. The van der Waals surface area contributed by atoms with E-state index in [2.05, 4.69) is 17.1 Å². The van der Waals surface area contributed by atoms with Crippen LogP contribution in [0.5, 0.6) is 0 Å². The molecule has 1 atom stereocenters. The van der Waals surface area contributed by atoms with Crippen LogP contribution >= 0.6 is 0 Å². The van der Waals surface area contributed by atoms with E-state index in [0.29, 0.717) is 6.42 Å². The van der Waals surface area contributed by atoms with Crippen LogP contribution in [0.1, 0.15) is 32.6 Å². The van der Waals surface area contributed by atoms with Crippen LogP contribution in [-0.4, -0.2) is 36.3 Å². The fourth-order valence-corrected chi connectivity index (χ4v) is 2.64. The van der Waals surface area contributed by atoms with Gasteiger partial charge in [0.15, 0.2) is 0 Å². The Hall–Kier alpha value is -0.900. The number of hydrogen-bond donors (Lipinski definition) is 1. The Bertz CT molecular complexity index is 290. The first-order valence-electron chi connectivity index (χ1n) is 5.73. The minimum atomic E-state index is -0.261. The first kappa shape index (κ1) is 10.6. The predicted molar refractivity (Wildman–Crippen MR) is 56.2 cm³/mol. The van der Waals surface area contributed by atoms with Gasteiger partial charge in [0.05, 0.1) is 5.41 Å². The molecule has 0 aromatic rings. The number of piperidine rings is 1. The molecule has 0 aliphatic carbocycles. The zero-order valence-corrected chi connectivity index (χ0v) is 9.21. The normalized spacial score (nSPS) is 32.3. The topological polar surface area (TPSA) is 49.4 Å². The third kappa shape index (κ3) is 1.91. The molecule has 84 valence electrons. The van der Waals surface area contributed by atoms with Gasteiger partial charge >= 0.3 is 0 Å². The van der Waals surface area contributed by atoms with Gasteiger partial charge in [-0.25, -0.2) is 0 Å². The maximum Gasteiger partial charge on any atom is 0.234 e. The van der Waals surface area contributed by atoms with Crippen molar-refractivity contribution in [1.29, 1.82) is 0 Å². The van der Waals surface area contributed by atoms with Crippen LogP contribution in [0.2, 0.25) is 0 Å². The lowest BCUT2D eigenvalue weighted by molar-refractivity contribution is -0.141. The summed E-state index contributed by atoms with van der Waals surface area (Å²) in [5.74, 6) is -0.156. The van der Waals surface area contributed by atoms with Crippen LogP contribution in [-0.2, 0) is 9.59 Å². The molecule has 1 unspecified atom stereocenters. The molecule has 0 aromatic carbocycles. The number of likely N-dealkylation sites (tertiary alicyclic amines) is 1. The van der Waals surface area contributed by atoms with Crippen molar-refractivity contribution in [1.82, 2.24) is 10.2 Å². The number of amides is 2. The van der Waals surface area contributed by atoms with Gasteiger partial charge < -0.3 is 4.90 Å². The first-order valence-corrected chi connectivity index (χ1v) is 5.73. The minimum absolute atomic E-state index is 0.0441. The van der Waals surface area contributed by atoms with Gasteiger partial charge in [-0.1, -0.05) is 6.92 Å². The van der Waals surface area contributed by atoms with Gasteiger partial charge in [0.1, 0.15) is 0 Å². The molecule has 2 aliphatic rings. The Kier molecular flexibility index (Phi) is 2.78. The van der Waals surface area contributed by atoms with Gasteiger partial charge in [-0.2, -0.15) is 0 Å². The summed E-state index contributed by atoms with van der Waals surface area (Å²) in [5, 5.41) is 2.47. The number of nitrogens with zero attached hydrogens (tertiary/aromatic N) is 1. The van der Waals surface area contributed by atoms with Crippen LogP contribution in [0.25, 0.3) is 0 Å². The predicted octanol–water partition coefficient (Wildman–Crippen LogP) is 0.525. The Morgan fingerprint density at radius 2 is 2.20 bits per heavy atom. The van der Waals surface area contributed by atoms with Gasteiger partial charge in [0.25, 0.3) is 0 Å². The number of nitrogens with one attached hydrogen (secondary N) is 1. The highest BCUT2D eigenvalue weighted by atomic mass is 16.2. The number of carbonyl (C=O) groups excluding carboxylic acids is 2. The van der Waals surface area contributed by atoms with Gasteiger partial charge in [0, 0.05) is 13.0 Å². The summed E-state index contributed by atoms with van der Waals surface area (Å²) in [4.78, 5) is 25.2. The molecule has 4 heteroatoms. The van der Waals surface area contributed by atoms with Crippen LogP contribution in [0.15, 0.2) is 0 Å². The SMILES string of the molecule is CCCN1CCC2(CCC(=O)NC2=O)C1. The maximum atomic E-state index is 11.8. The van der Waals surface area contributed by atoms with E-state index in [9.17, 15) is 9.59 Å². The molecule has 0 saturated carbocycles. The van der Waals surface area contributed by atoms with Gasteiger partial charge in [-0.05, 0) is 32.4 Å². The maximum absolute atomic E-state index is 11.8. The monoisotopic (exact) mass is 210 g/mol. The summed E-state index contributed by atoms with van der Waals surface area (Å²) >= 11 is 0. The van der Waals surface area contributed by atoms with Crippen molar-refractivity contribution in [3.63, 3.8) is 0 Å². The standard InChI is InChI=1S/C11H18N2O2/c1-2-6-13-7-5-11(8-13)4-3-9(14)12-10(11)15/h2-8H2,1H3,(H,12,14,15). The van der Waals surface area contributed by atoms with Crippen molar-refractivity contribution in [2.75, 3.05) is 19.6 Å². The molecule has 2 aliphatic heterocycles. The lowest BCUT2D eigenvalue weighted by Gasteiger charge is -2.31. The van der Waals surface area contributed by atoms with E-state index in [4.69, 9.17) is 0 Å². The van der Waals surface area contributed by atoms with Gasteiger partial charge in [-0.3, -0.25) is 14.9 Å². The van der Waals surface area contributed by atoms with E-state index in [1.165, 1.54) is 0 Å². The molecule has 1 N–H and O–H groups in total. The van der Waals surface area contributed by atoms with E-state index in [1.807, 2.05) is 0 Å². The Balaban J connectivity index is 2.03. The molecule has 2 saturated heterocycles. The molecule has 2 amide bonds. The molecule has 2 rings (SSSR count). The third-order valence-corrected chi connectivity index (χ3v) is 3.54. The summed E-state index contributed by atoms with van der Waals surface area (Å²) < 4.78 is 0. The molecule has 15 heavy (non-hydrogen) atoms. The molecule has 4 nitrogen and oxygen atoms in total. The fourth-order valence-electron chi connectivity index (χ4n) is 2.64. The van der Waals surface area contributed by atoms with Crippen LogP contribution in [0, 0.1) is 5.41 Å². The van der Waals surface area contributed by atoms with Crippen LogP contribution in [0.4, 0.5) is 0 Å². The van der Waals surface area contributed by atoms with E-state index >= 15 is 0 Å². The Labute approximate surface area is 90.0 Å². The summed E-state index contributed by atoms with van der Waals surface area (Å²) in [7, 11) is 0. The number of imide groups is 1. The van der Waals surface area contributed by atoms with Crippen LogP contribution in [0.3, 0.4) is 0 Å². The third-order valence-electron chi connectivity index (χ3n) is 3.54. The van der Waals surface area contributed by atoms with E-state index in [1.54, 1.807) is 0 Å². The largest absolute Gasteiger partial charge is 0.302 e. The van der Waals surface area contributed by atoms with Crippen molar-refractivity contribution < 1.29 is 9.59 Å². The number of carbonyl (C=O) groups is 2. The van der Waals surface area contributed by atoms with Crippen molar-refractivity contribution in [3.8, 4) is 0 Å². The molecule has 0 aromatic heterocycles. The minimum Gasteiger partial charge on any atom is -0.302 e. The van der Waals surface area contributed by atoms with E-state index < -0.39 is 0 Å². The van der Waals surface area contributed by atoms with E-state index in [-0.39, 0.29) is 17.2 Å². The zero-order valence-electron chi connectivity index (χ0n) is 9.21. The van der Waals surface area contributed by atoms with Crippen molar-refractivity contribution in [2.45, 2.75) is 32.6 Å². The van der Waals surface area contributed by atoms with E-state index in [0.717, 1.165) is 38.9 Å². The highest BCUT2D eigenvalue weighted by Crippen LogP contribution is 2.37. The Morgan fingerprint density at radius 1 is 1.40 bits per heavy atom. The second-order valence-corrected chi connectivity index (χ2v) is 4.68. The smallest absolute Gasteiger partial charge is 0.234 e. The second kappa shape index (κ2) is 3.93. The van der Waals surface area contributed by atoms with Crippen molar-refractivity contribution >= 4 is 11.8 Å². The van der Waals surface area contributed by atoms with Crippen molar-refractivity contribution in [3.05, 3.63) is 0 Å². The molecular weight excluding hydrogens is 192 g/mol. The molecule has 2 heterocycles. The van der Waals surface area contributed by atoms with Crippen LogP contribution < -0.4 is 5.32 Å². The Morgan fingerprint density at radius 3 is 2.87 bits per heavy atom. The van der Waals surface area contributed by atoms with Crippen molar-refractivity contribution in [2.24, 2.45) is 5.41 Å². The highest BCUT2D eigenvalue weighted by molar-refractivity contribution is 6.00. The summed E-state index contributed by atoms with van der Waals surface area (Å²) in [5.41, 5.74) is -0.261. The summed E-state index contributed by atoms with van der Waals surface area (Å²) in [6.07, 6.45) is 3.27. The molecule has 0 bridgehead atoms. The average molecular weight is 210 g/mol. The molecule has 1 spiro atoms. The first-order chi connectivity index (χ1) is 7.16. The number of rotatable bonds is 2. The number of hydrogen-bond acceptors (Lipinski definition) is 3. The second-order valence-electron chi connectivity index (χ2n) is 4.68. The van der Waals surface area contributed by atoms with Gasteiger partial charge in [0.2, 0.25) is 11.8 Å². The van der Waals surface area contributed by atoms with Gasteiger partial charge in [-0.15, -0.1) is 0 Å².